The van der Waals surface area contributed by atoms with Gasteiger partial charge >= 0.3 is 0 Å². The Bertz CT molecular complexity index is 1040. The molecule has 0 unspecified atom stereocenters. The number of anilines is 1. The molecule has 1 aliphatic carbocycles. The lowest BCUT2D eigenvalue weighted by atomic mass is 10.1. The topological polar surface area (TPSA) is 20.2 Å². The number of hydrogen-bond acceptors (Lipinski definition) is 1. The molecule has 0 radical (unpaired) electrons. The van der Waals surface area contributed by atoms with E-state index in [2.05, 4.69) is 70.4 Å². The minimum absolute atomic E-state index is 0.463. The molecule has 1 heterocycles. The van der Waals surface area contributed by atoms with Gasteiger partial charge in [0.05, 0.1) is 6.54 Å². The fourth-order valence-electron chi connectivity index (χ4n) is 4.57. The van der Waals surface area contributed by atoms with Gasteiger partial charge < -0.3 is 14.8 Å². The van der Waals surface area contributed by atoms with Crippen molar-refractivity contribution in [1.82, 2.24) is 9.47 Å². The van der Waals surface area contributed by atoms with Crippen LogP contribution in [0.2, 0.25) is 5.02 Å². The Hall–Kier alpha value is -2.30. The van der Waals surface area contributed by atoms with Gasteiger partial charge in [-0.1, -0.05) is 73.7 Å². The molecule has 3 aromatic rings. The van der Waals surface area contributed by atoms with E-state index < -0.39 is 0 Å². The van der Waals surface area contributed by atoms with E-state index in [-0.39, 0.29) is 0 Å². The minimum atomic E-state index is 0.463. The third kappa shape index (κ3) is 5.73. The second-order valence-electron chi connectivity index (χ2n) is 8.74. The predicted molar refractivity (Wildman–Crippen MR) is 139 cm³/mol. The van der Waals surface area contributed by atoms with Crippen LogP contribution in [0.25, 0.3) is 0 Å². The highest BCUT2D eigenvalue weighted by molar-refractivity contribution is 7.80. The largest absolute Gasteiger partial charge is 0.345 e. The van der Waals surface area contributed by atoms with Crippen molar-refractivity contribution in [2.24, 2.45) is 0 Å². The number of aromatic nitrogens is 1. The Morgan fingerprint density at radius 1 is 1.00 bits per heavy atom. The average molecular weight is 466 g/mol. The molecule has 0 bridgehead atoms. The number of benzene rings is 2. The summed E-state index contributed by atoms with van der Waals surface area (Å²) in [6.07, 6.45) is 9.73. The van der Waals surface area contributed by atoms with Crippen LogP contribution in [0, 0.1) is 6.92 Å². The first kappa shape index (κ1) is 22.9. The summed E-state index contributed by atoms with van der Waals surface area (Å²) >= 11 is 12.4. The third-order valence-corrected chi connectivity index (χ3v) is 7.17. The maximum absolute atomic E-state index is 6.44. The maximum atomic E-state index is 6.44. The summed E-state index contributed by atoms with van der Waals surface area (Å²) in [5, 5.41) is 5.17. The van der Waals surface area contributed by atoms with E-state index in [9.17, 15) is 0 Å². The summed E-state index contributed by atoms with van der Waals surface area (Å²) in [6, 6.07) is 21.2. The first-order chi connectivity index (χ1) is 15.6. The molecular formula is C27H32ClN3S. The normalized spacial score (nSPS) is 14.7. The van der Waals surface area contributed by atoms with Gasteiger partial charge in [0, 0.05) is 35.2 Å². The van der Waals surface area contributed by atoms with E-state index in [4.69, 9.17) is 23.8 Å². The molecule has 1 saturated carbocycles. The van der Waals surface area contributed by atoms with Crippen LogP contribution in [0.5, 0.6) is 0 Å². The van der Waals surface area contributed by atoms with Gasteiger partial charge in [-0.25, -0.2) is 0 Å². The SMILES string of the molecule is Cc1ccccc1NC(=S)N(Cc1cccn1Cc1ccccc1Cl)C1CCCCCC1. The van der Waals surface area contributed by atoms with Gasteiger partial charge in [-0.3, -0.25) is 0 Å². The van der Waals surface area contributed by atoms with E-state index in [1.54, 1.807) is 0 Å². The Kier molecular flexibility index (Phi) is 7.88. The molecule has 4 rings (SSSR count). The monoisotopic (exact) mass is 465 g/mol. The number of nitrogens with one attached hydrogen (secondary N) is 1. The molecule has 1 fully saturated rings. The lowest BCUT2D eigenvalue weighted by Gasteiger charge is -2.34. The molecule has 2 aromatic carbocycles. The van der Waals surface area contributed by atoms with Gasteiger partial charge in [0.25, 0.3) is 0 Å². The van der Waals surface area contributed by atoms with Gasteiger partial charge in [-0.2, -0.15) is 0 Å². The summed E-state index contributed by atoms with van der Waals surface area (Å²) in [7, 11) is 0. The molecule has 168 valence electrons. The van der Waals surface area contributed by atoms with Crippen LogP contribution in [-0.2, 0) is 13.1 Å². The highest BCUT2D eigenvalue weighted by Crippen LogP contribution is 2.26. The zero-order valence-electron chi connectivity index (χ0n) is 18.8. The van der Waals surface area contributed by atoms with E-state index in [1.807, 2.05) is 18.2 Å². The van der Waals surface area contributed by atoms with Crippen LogP contribution in [0.4, 0.5) is 5.69 Å². The van der Waals surface area contributed by atoms with Crippen molar-refractivity contribution in [1.29, 1.82) is 0 Å². The molecule has 3 nitrogen and oxygen atoms in total. The molecule has 0 aliphatic heterocycles. The van der Waals surface area contributed by atoms with Crippen molar-refractivity contribution in [3.8, 4) is 0 Å². The van der Waals surface area contributed by atoms with Crippen molar-refractivity contribution in [2.45, 2.75) is 64.6 Å². The smallest absolute Gasteiger partial charge is 0.174 e. The summed E-state index contributed by atoms with van der Waals surface area (Å²) in [5.74, 6) is 0. The van der Waals surface area contributed by atoms with E-state index in [1.165, 1.54) is 49.8 Å². The first-order valence-corrected chi connectivity index (χ1v) is 12.4. The zero-order valence-corrected chi connectivity index (χ0v) is 20.3. The predicted octanol–water partition coefficient (Wildman–Crippen LogP) is 7.42. The Balaban J connectivity index is 1.57. The fourth-order valence-corrected chi connectivity index (χ4v) is 5.09. The number of halogens is 1. The van der Waals surface area contributed by atoms with Crippen LogP contribution in [0.1, 0.15) is 55.3 Å². The lowest BCUT2D eigenvalue weighted by Crippen LogP contribution is -2.42. The number of thiocarbonyl (C=S) groups is 1. The Morgan fingerprint density at radius 3 is 2.47 bits per heavy atom. The molecule has 1 aromatic heterocycles. The van der Waals surface area contributed by atoms with Crippen molar-refractivity contribution in [3.05, 3.63) is 88.7 Å². The number of nitrogens with zero attached hydrogens (tertiary/aromatic N) is 2. The third-order valence-electron chi connectivity index (χ3n) is 6.47. The van der Waals surface area contributed by atoms with E-state index in [0.29, 0.717) is 6.04 Å². The van der Waals surface area contributed by atoms with E-state index >= 15 is 0 Å². The second kappa shape index (κ2) is 11.0. The molecule has 0 atom stereocenters. The zero-order chi connectivity index (χ0) is 22.3. The standard InChI is InChI=1S/C27H32ClN3S/c1-21-11-6-9-17-26(21)29-27(32)31(23-13-4-2-3-5-14-23)20-24-15-10-18-30(24)19-22-12-7-8-16-25(22)28/h6-12,15-18,23H,2-5,13-14,19-20H2,1H3,(H,29,32). The van der Waals surface area contributed by atoms with Crippen molar-refractivity contribution in [3.63, 3.8) is 0 Å². The van der Waals surface area contributed by atoms with Gasteiger partial charge in [0.1, 0.15) is 0 Å². The highest BCUT2D eigenvalue weighted by atomic mass is 35.5. The summed E-state index contributed by atoms with van der Waals surface area (Å²) in [4.78, 5) is 2.42. The van der Waals surface area contributed by atoms with Crippen LogP contribution < -0.4 is 5.32 Å². The summed E-state index contributed by atoms with van der Waals surface area (Å²) < 4.78 is 2.29. The number of rotatable bonds is 6. The minimum Gasteiger partial charge on any atom is -0.345 e. The number of aryl methyl sites for hydroxylation is 1. The van der Waals surface area contributed by atoms with Crippen molar-refractivity contribution in [2.75, 3.05) is 5.32 Å². The number of para-hydroxylation sites is 1. The molecular weight excluding hydrogens is 434 g/mol. The molecule has 0 amide bonds. The molecule has 0 spiro atoms. The lowest BCUT2D eigenvalue weighted by molar-refractivity contribution is 0.274. The fraction of sp³-hybridized carbons (Fsp3) is 0.370. The maximum Gasteiger partial charge on any atom is 0.174 e. The number of hydrogen-bond donors (Lipinski definition) is 1. The second-order valence-corrected chi connectivity index (χ2v) is 9.53. The molecule has 1 N–H and O–H groups in total. The van der Waals surface area contributed by atoms with Crippen LogP contribution in [-0.4, -0.2) is 20.6 Å². The van der Waals surface area contributed by atoms with Gasteiger partial charge in [0.2, 0.25) is 0 Å². The first-order valence-electron chi connectivity index (χ1n) is 11.6. The Morgan fingerprint density at radius 2 is 1.72 bits per heavy atom. The van der Waals surface area contributed by atoms with E-state index in [0.717, 1.165) is 34.5 Å². The van der Waals surface area contributed by atoms with Gasteiger partial charge in [-0.05, 0) is 67.4 Å². The molecule has 1 aliphatic rings. The van der Waals surface area contributed by atoms with Crippen molar-refractivity contribution < 1.29 is 0 Å². The molecule has 5 heteroatoms. The quantitative estimate of drug-likeness (QED) is 0.302. The summed E-state index contributed by atoms with van der Waals surface area (Å²) in [5.41, 5.74) is 4.68. The van der Waals surface area contributed by atoms with Crippen LogP contribution in [0.15, 0.2) is 66.9 Å². The molecule has 0 saturated heterocycles. The van der Waals surface area contributed by atoms with Crippen LogP contribution in [0.3, 0.4) is 0 Å². The van der Waals surface area contributed by atoms with Gasteiger partial charge in [-0.15, -0.1) is 0 Å². The van der Waals surface area contributed by atoms with Crippen LogP contribution >= 0.6 is 23.8 Å². The average Bonchev–Trinajstić information content (AvgIpc) is 3.04. The Labute approximate surface area is 202 Å². The van der Waals surface area contributed by atoms with Gasteiger partial charge in [0.15, 0.2) is 5.11 Å². The van der Waals surface area contributed by atoms with Crippen molar-refractivity contribution >= 4 is 34.6 Å². The highest BCUT2D eigenvalue weighted by Gasteiger charge is 2.24. The summed E-state index contributed by atoms with van der Waals surface area (Å²) in [6.45, 7) is 3.67. The molecule has 32 heavy (non-hydrogen) atoms.